The van der Waals surface area contributed by atoms with Gasteiger partial charge in [0.2, 0.25) is 0 Å². The van der Waals surface area contributed by atoms with Gasteiger partial charge >= 0.3 is 0 Å². The lowest BCUT2D eigenvalue weighted by atomic mass is 10.0. The summed E-state index contributed by atoms with van der Waals surface area (Å²) >= 11 is 0. The molecule has 1 N–H and O–H groups in total. The third-order valence-corrected chi connectivity index (χ3v) is 4.05. The molecule has 0 radical (unpaired) electrons. The van der Waals surface area contributed by atoms with Crippen molar-refractivity contribution in [2.75, 3.05) is 13.1 Å². The SMILES string of the molecule is CC(NC1CCN(C(C)C)CC1)c1ccnn1C. The van der Waals surface area contributed by atoms with Crippen LogP contribution in [0.1, 0.15) is 45.3 Å². The average molecular weight is 250 g/mol. The second-order valence-electron chi connectivity index (χ2n) is 5.67. The van der Waals surface area contributed by atoms with Gasteiger partial charge in [-0.1, -0.05) is 0 Å². The minimum absolute atomic E-state index is 0.382. The molecule has 1 fully saturated rings. The fraction of sp³-hybridized carbons (Fsp3) is 0.786. The number of nitrogens with one attached hydrogen (secondary N) is 1. The maximum atomic E-state index is 4.23. The number of aromatic nitrogens is 2. The van der Waals surface area contributed by atoms with Gasteiger partial charge in [0.05, 0.1) is 5.69 Å². The molecule has 1 atom stereocenters. The fourth-order valence-corrected chi connectivity index (χ4v) is 2.83. The van der Waals surface area contributed by atoms with Crippen molar-refractivity contribution in [3.63, 3.8) is 0 Å². The lowest BCUT2D eigenvalue weighted by Crippen LogP contribution is -2.45. The molecule has 102 valence electrons. The monoisotopic (exact) mass is 250 g/mol. The summed E-state index contributed by atoms with van der Waals surface area (Å²) in [6.07, 6.45) is 4.37. The maximum Gasteiger partial charge on any atom is 0.0547 e. The van der Waals surface area contributed by atoms with Crippen LogP contribution in [0.3, 0.4) is 0 Å². The normalized spacial score (nSPS) is 20.5. The summed E-state index contributed by atoms with van der Waals surface area (Å²) in [5.41, 5.74) is 1.27. The number of nitrogens with zero attached hydrogens (tertiary/aromatic N) is 3. The Morgan fingerprint density at radius 3 is 2.44 bits per heavy atom. The second kappa shape index (κ2) is 5.85. The summed E-state index contributed by atoms with van der Waals surface area (Å²) < 4.78 is 1.96. The van der Waals surface area contributed by atoms with Crippen molar-refractivity contribution >= 4 is 0 Å². The molecule has 18 heavy (non-hydrogen) atoms. The summed E-state index contributed by atoms with van der Waals surface area (Å²) in [4.78, 5) is 2.56. The predicted octanol–water partition coefficient (Wildman–Crippen LogP) is 1.94. The van der Waals surface area contributed by atoms with E-state index in [1.165, 1.54) is 31.6 Å². The van der Waals surface area contributed by atoms with Crippen LogP contribution in [0.2, 0.25) is 0 Å². The van der Waals surface area contributed by atoms with Gasteiger partial charge in [0.15, 0.2) is 0 Å². The van der Waals surface area contributed by atoms with Crippen LogP contribution >= 0.6 is 0 Å². The van der Waals surface area contributed by atoms with E-state index in [0.29, 0.717) is 18.1 Å². The highest BCUT2D eigenvalue weighted by Crippen LogP contribution is 2.17. The van der Waals surface area contributed by atoms with Gasteiger partial charge < -0.3 is 10.2 Å². The van der Waals surface area contributed by atoms with Crippen molar-refractivity contribution in [2.45, 2.75) is 51.7 Å². The van der Waals surface area contributed by atoms with E-state index in [-0.39, 0.29) is 0 Å². The number of piperidine rings is 1. The van der Waals surface area contributed by atoms with Gasteiger partial charge in [-0.2, -0.15) is 5.10 Å². The molecule has 1 saturated heterocycles. The molecule has 2 heterocycles. The zero-order valence-corrected chi connectivity index (χ0v) is 12.1. The van der Waals surface area contributed by atoms with Crippen LogP contribution in [0, 0.1) is 0 Å². The van der Waals surface area contributed by atoms with Crippen molar-refractivity contribution in [2.24, 2.45) is 7.05 Å². The van der Waals surface area contributed by atoms with E-state index in [1.807, 2.05) is 17.9 Å². The van der Waals surface area contributed by atoms with Crippen molar-refractivity contribution in [1.82, 2.24) is 20.0 Å². The zero-order chi connectivity index (χ0) is 13.1. The molecule has 0 aliphatic carbocycles. The Labute approximate surface area is 110 Å². The molecule has 0 amide bonds. The van der Waals surface area contributed by atoms with Crippen LogP contribution in [-0.2, 0) is 7.05 Å². The molecule has 1 unspecified atom stereocenters. The van der Waals surface area contributed by atoms with Crippen LogP contribution in [0.15, 0.2) is 12.3 Å². The van der Waals surface area contributed by atoms with Gasteiger partial charge in [-0.05, 0) is 52.8 Å². The Hall–Kier alpha value is -0.870. The van der Waals surface area contributed by atoms with E-state index in [4.69, 9.17) is 0 Å². The van der Waals surface area contributed by atoms with E-state index in [0.717, 1.165) is 0 Å². The van der Waals surface area contributed by atoms with Crippen LogP contribution in [0.4, 0.5) is 0 Å². The van der Waals surface area contributed by atoms with Gasteiger partial charge in [0, 0.05) is 31.4 Å². The van der Waals surface area contributed by atoms with Crippen molar-refractivity contribution in [3.8, 4) is 0 Å². The first-order valence-corrected chi connectivity index (χ1v) is 7.06. The summed E-state index contributed by atoms with van der Waals surface area (Å²) in [5.74, 6) is 0. The molecule has 0 saturated carbocycles. The zero-order valence-electron chi connectivity index (χ0n) is 12.1. The Bertz CT molecular complexity index is 364. The van der Waals surface area contributed by atoms with Gasteiger partial charge in [0.1, 0.15) is 0 Å². The first kappa shape index (κ1) is 13.6. The number of hydrogen-bond acceptors (Lipinski definition) is 3. The van der Waals surface area contributed by atoms with Gasteiger partial charge in [-0.3, -0.25) is 4.68 Å². The number of aryl methyl sites for hydroxylation is 1. The molecule has 0 bridgehead atoms. The Morgan fingerprint density at radius 2 is 1.94 bits per heavy atom. The Morgan fingerprint density at radius 1 is 1.28 bits per heavy atom. The molecule has 2 rings (SSSR count). The third kappa shape index (κ3) is 3.12. The van der Waals surface area contributed by atoms with E-state index < -0.39 is 0 Å². The maximum absolute atomic E-state index is 4.23. The summed E-state index contributed by atoms with van der Waals surface area (Å²) in [5, 5.41) is 7.97. The number of hydrogen-bond donors (Lipinski definition) is 1. The highest BCUT2D eigenvalue weighted by Gasteiger charge is 2.22. The molecule has 1 aliphatic rings. The lowest BCUT2D eigenvalue weighted by molar-refractivity contribution is 0.157. The van der Waals surface area contributed by atoms with Gasteiger partial charge in [-0.15, -0.1) is 0 Å². The minimum atomic E-state index is 0.382. The second-order valence-corrected chi connectivity index (χ2v) is 5.67. The Balaban J connectivity index is 1.83. The predicted molar refractivity (Wildman–Crippen MR) is 74.5 cm³/mol. The van der Waals surface area contributed by atoms with Crippen LogP contribution in [0.25, 0.3) is 0 Å². The van der Waals surface area contributed by atoms with Crippen LogP contribution in [0.5, 0.6) is 0 Å². The number of rotatable bonds is 4. The lowest BCUT2D eigenvalue weighted by Gasteiger charge is -2.36. The van der Waals surface area contributed by atoms with Gasteiger partial charge in [-0.25, -0.2) is 0 Å². The smallest absolute Gasteiger partial charge is 0.0547 e. The van der Waals surface area contributed by atoms with Gasteiger partial charge in [0.25, 0.3) is 0 Å². The first-order chi connectivity index (χ1) is 8.58. The first-order valence-electron chi connectivity index (χ1n) is 7.06. The topological polar surface area (TPSA) is 33.1 Å². The van der Waals surface area contributed by atoms with E-state index in [9.17, 15) is 0 Å². The molecule has 4 heteroatoms. The summed E-state index contributed by atoms with van der Waals surface area (Å²) in [6.45, 7) is 9.23. The molecule has 1 aromatic rings. The minimum Gasteiger partial charge on any atom is -0.306 e. The van der Waals surface area contributed by atoms with E-state index in [1.54, 1.807) is 0 Å². The van der Waals surface area contributed by atoms with Crippen LogP contribution < -0.4 is 5.32 Å². The van der Waals surface area contributed by atoms with Crippen molar-refractivity contribution in [3.05, 3.63) is 18.0 Å². The third-order valence-electron chi connectivity index (χ3n) is 4.05. The highest BCUT2D eigenvalue weighted by atomic mass is 15.3. The molecule has 0 spiro atoms. The van der Waals surface area contributed by atoms with Crippen LogP contribution in [-0.4, -0.2) is 39.9 Å². The average Bonchev–Trinajstić information content (AvgIpc) is 2.76. The van der Waals surface area contributed by atoms with Crippen molar-refractivity contribution < 1.29 is 0 Å². The standard InChI is InChI=1S/C14H26N4/c1-11(2)18-9-6-13(7-10-18)16-12(3)14-5-8-15-17(14)4/h5,8,11-13,16H,6-7,9-10H2,1-4H3. The molecule has 1 aromatic heterocycles. The van der Waals surface area contributed by atoms with E-state index in [2.05, 4.69) is 42.2 Å². The Kier molecular flexibility index (Phi) is 4.40. The quantitative estimate of drug-likeness (QED) is 0.886. The van der Waals surface area contributed by atoms with E-state index >= 15 is 0 Å². The molecular weight excluding hydrogens is 224 g/mol. The molecule has 0 aromatic carbocycles. The molecular formula is C14H26N4. The van der Waals surface area contributed by atoms with Crippen molar-refractivity contribution in [1.29, 1.82) is 0 Å². The summed E-state index contributed by atoms with van der Waals surface area (Å²) in [7, 11) is 2.01. The molecule has 4 nitrogen and oxygen atoms in total. The highest BCUT2D eigenvalue weighted by molar-refractivity contribution is 5.05. The fourth-order valence-electron chi connectivity index (χ4n) is 2.83. The molecule has 1 aliphatic heterocycles. The largest absolute Gasteiger partial charge is 0.306 e. The summed E-state index contributed by atoms with van der Waals surface area (Å²) in [6, 6.07) is 3.81. The number of likely N-dealkylation sites (tertiary alicyclic amines) is 1.